The molecule has 0 bridgehead atoms. The summed E-state index contributed by atoms with van der Waals surface area (Å²) >= 11 is 0. The van der Waals surface area contributed by atoms with Gasteiger partial charge in [0.2, 0.25) is 0 Å². The van der Waals surface area contributed by atoms with Gasteiger partial charge in [-0.2, -0.15) is 0 Å². The fourth-order valence-corrected chi connectivity index (χ4v) is 7.09. The maximum atomic E-state index is 12.3. The summed E-state index contributed by atoms with van der Waals surface area (Å²) in [4.78, 5) is 36.4. The van der Waals surface area contributed by atoms with Crippen molar-refractivity contribution >= 4 is 17.9 Å². The number of carbonyl (C=O) groups is 3. The summed E-state index contributed by atoms with van der Waals surface area (Å²) in [5.74, 6) is 1.65. The Balaban J connectivity index is 1.97. The molecule has 0 spiro atoms. The molecule has 44 heavy (non-hydrogen) atoms. The summed E-state index contributed by atoms with van der Waals surface area (Å²) in [7, 11) is 0. The zero-order chi connectivity index (χ0) is 32.5. The molecule has 7 heteroatoms. The Morgan fingerprint density at radius 2 is 1.25 bits per heavy atom. The molecule has 0 aromatic rings. The van der Waals surface area contributed by atoms with Gasteiger partial charge in [-0.05, 0) is 94.3 Å². The normalized spacial score (nSPS) is 23.2. The van der Waals surface area contributed by atoms with Gasteiger partial charge in [-0.1, -0.05) is 78.0 Å². The summed E-state index contributed by atoms with van der Waals surface area (Å²) in [6.07, 6.45) is 18.1. The number of rotatable bonds is 20. The predicted octanol–water partition coefficient (Wildman–Crippen LogP) is 7.91. The van der Waals surface area contributed by atoms with Crippen molar-refractivity contribution in [2.24, 2.45) is 35.5 Å². The van der Waals surface area contributed by atoms with E-state index in [1.807, 2.05) is 0 Å². The summed E-state index contributed by atoms with van der Waals surface area (Å²) in [6, 6.07) is 0. The van der Waals surface area contributed by atoms with Crippen LogP contribution in [-0.2, 0) is 28.6 Å². The first-order chi connectivity index (χ1) is 21.0. The summed E-state index contributed by atoms with van der Waals surface area (Å²) < 4.78 is 16.4. The highest BCUT2D eigenvalue weighted by Crippen LogP contribution is 2.43. The molecule has 2 aliphatic rings. The van der Waals surface area contributed by atoms with Crippen molar-refractivity contribution in [3.8, 4) is 0 Å². The molecule has 1 N–H and O–H groups in total. The van der Waals surface area contributed by atoms with Crippen molar-refractivity contribution in [2.45, 2.75) is 117 Å². The van der Waals surface area contributed by atoms with Crippen LogP contribution in [-0.4, -0.2) is 49.4 Å². The highest BCUT2D eigenvalue weighted by Gasteiger charge is 2.32. The number of unbranched alkanes of at least 4 members (excludes halogenated alkanes) is 2. The quantitative estimate of drug-likeness (QED) is 0.0642. The number of aliphatic hydroxyl groups is 1. The van der Waals surface area contributed by atoms with Crippen molar-refractivity contribution in [3.05, 3.63) is 36.5 Å². The van der Waals surface area contributed by atoms with Crippen LogP contribution in [0.1, 0.15) is 117 Å². The lowest BCUT2D eigenvalue weighted by atomic mass is 9.67. The molecular formula is C37H60O7. The molecule has 0 heterocycles. The number of ether oxygens (including phenoxy) is 3. The van der Waals surface area contributed by atoms with Crippen LogP contribution < -0.4 is 0 Å². The smallest absolute Gasteiger partial charge is 0.335 e. The minimum absolute atomic E-state index is 0.00821. The van der Waals surface area contributed by atoms with E-state index >= 15 is 0 Å². The van der Waals surface area contributed by atoms with Crippen LogP contribution in [0.4, 0.5) is 0 Å². The third-order valence-corrected chi connectivity index (χ3v) is 9.83. The molecular weight excluding hydrogens is 556 g/mol. The van der Waals surface area contributed by atoms with Crippen LogP contribution in [0.3, 0.4) is 0 Å². The van der Waals surface area contributed by atoms with Crippen LogP contribution in [0.5, 0.6) is 0 Å². The molecule has 0 aromatic carbocycles. The molecule has 2 atom stereocenters. The van der Waals surface area contributed by atoms with E-state index in [1.165, 1.54) is 77.0 Å². The van der Waals surface area contributed by atoms with Crippen LogP contribution in [0.25, 0.3) is 0 Å². The van der Waals surface area contributed by atoms with Gasteiger partial charge in [0.05, 0.1) is 32.0 Å². The van der Waals surface area contributed by atoms with Crippen LogP contribution in [0.2, 0.25) is 0 Å². The van der Waals surface area contributed by atoms with Gasteiger partial charge in [-0.15, -0.1) is 0 Å². The fourth-order valence-electron chi connectivity index (χ4n) is 7.09. The first-order valence-electron chi connectivity index (χ1n) is 17.1. The molecule has 2 saturated carbocycles. The summed E-state index contributed by atoms with van der Waals surface area (Å²) in [5, 5.41) is 9.25. The van der Waals surface area contributed by atoms with E-state index in [-0.39, 0.29) is 37.2 Å². The monoisotopic (exact) mass is 616 g/mol. The van der Waals surface area contributed by atoms with Crippen molar-refractivity contribution in [3.63, 3.8) is 0 Å². The average molecular weight is 617 g/mol. The molecule has 0 saturated heterocycles. The van der Waals surface area contributed by atoms with Crippen molar-refractivity contribution in [1.29, 1.82) is 0 Å². The number of hydrogen-bond donors (Lipinski definition) is 1. The first kappa shape index (κ1) is 37.8. The second kappa shape index (κ2) is 20.6. The Morgan fingerprint density at radius 1 is 0.727 bits per heavy atom. The van der Waals surface area contributed by atoms with Crippen LogP contribution >= 0.6 is 0 Å². The van der Waals surface area contributed by atoms with E-state index in [0.717, 1.165) is 24.2 Å². The minimum Gasteiger partial charge on any atom is -0.462 e. The number of esters is 3. The zero-order valence-corrected chi connectivity index (χ0v) is 27.9. The standard InChI is InChI=1S/C37H60O7/c1-7-8-9-10-29-11-15-33(16-12-29)34-17-13-30(14-18-34)21-32(25-43-36(40)27(4)5)22-31(19-20-42-35(39)26(2)3)24-44-37(41)28(6)23-38/h29-34,38H,2,4,6-25H2,1,3,5H3. The number of hydrogen-bond acceptors (Lipinski definition) is 7. The lowest BCUT2D eigenvalue weighted by molar-refractivity contribution is -0.144. The first-order valence-corrected chi connectivity index (χ1v) is 17.1. The van der Waals surface area contributed by atoms with E-state index < -0.39 is 24.5 Å². The predicted molar refractivity (Wildman–Crippen MR) is 175 cm³/mol. The number of carbonyl (C=O) groups excluding carboxylic acids is 3. The maximum absolute atomic E-state index is 12.3. The van der Waals surface area contributed by atoms with Crippen molar-refractivity contribution in [1.82, 2.24) is 0 Å². The minimum atomic E-state index is -0.644. The molecule has 2 fully saturated rings. The second-order valence-electron chi connectivity index (χ2n) is 13.7. The molecule has 0 aliphatic heterocycles. The molecule has 2 aliphatic carbocycles. The van der Waals surface area contributed by atoms with Gasteiger partial charge >= 0.3 is 17.9 Å². The maximum Gasteiger partial charge on any atom is 0.335 e. The summed E-state index contributed by atoms with van der Waals surface area (Å²) in [5.41, 5.74) is 0.683. The zero-order valence-electron chi connectivity index (χ0n) is 27.9. The SMILES string of the molecule is C=C(C)C(=O)OCCC(COC(=O)C(=C)CO)CC(COC(=O)C(=C)C)CC1CCC(C2CCC(CCCCC)CC2)CC1. The highest BCUT2D eigenvalue weighted by atomic mass is 16.5. The van der Waals surface area contributed by atoms with Crippen LogP contribution in [0, 0.1) is 35.5 Å². The van der Waals surface area contributed by atoms with E-state index in [9.17, 15) is 19.5 Å². The van der Waals surface area contributed by atoms with E-state index in [4.69, 9.17) is 14.2 Å². The van der Waals surface area contributed by atoms with Crippen molar-refractivity contribution < 1.29 is 33.7 Å². The molecule has 0 amide bonds. The average Bonchev–Trinajstić information content (AvgIpc) is 3.02. The summed E-state index contributed by atoms with van der Waals surface area (Å²) in [6.45, 7) is 16.5. The van der Waals surface area contributed by atoms with Gasteiger partial charge in [-0.3, -0.25) is 0 Å². The lowest BCUT2D eigenvalue weighted by Crippen LogP contribution is -2.28. The molecule has 2 unspecified atom stereocenters. The Kier molecular flexibility index (Phi) is 17.7. The van der Waals surface area contributed by atoms with Gasteiger partial charge in [0.25, 0.3) is 0 Å². The van der Waals surface area contributed by atoms with Gasteiger partial charge < -0.3 is 19.3 Å². The third-order valence-electron chi connectivity index (χ3n) is 9.83. The van der Waals surface area contributed by atoms with Crippen LogP contribution in [0.15, 0.2) is 36.5 Å². The molecule has 7 nitrogen and oxygen atoms in total. The molecule has 0 radical (unpaired) electrons. The topological polar surface area (TPSA) is 99.1 Å². The Morgan fingerprint density at radius 3 is 1.80 bits per heavy atom. The van der Waals surface area contributed by atoms with Gasteiger partial charge in [0, 0.05) is 11.1 Å². The lowest BCUT2D eigenvalue weighted by Gasteiger charge is -2.38. The van der Waals surface area contributed by atoms with Gasteiger partial charge in [-0.25, -0.2) is 14.4 Å². The van der Waals surface area contributed by atoms with E-state index in [0.29, 0.717) is 29.9 Å². The Bertz CT molecular complexity index is 937. The second-order valence-corrected chi connectivity index (χ2v) is 13.7. The molecule has 2 rings (SSSR count). The van der Waals surface area contributed by atoms with E-state index in [1.54, 1.807) is 13.8 Å². The number of aliphatic hydroxyl groups excluding tert-OH is 1. The van der Waals surface area contributed by atoms with Crippen molar-refractivity contribution in [2.75, 3.05) is 26.4 Å². The van der Waals surface area contributed by atoms with Gasteiger partial charge in [0.15, 0.2) is 0 Å². The molecule has 0 aromatic heterocycles. The fraction of sp³-hybridized carbons (Fsp3) is 0.757. The third kappa shape index (κ3) is 14.1. The highest BCUT2D eigenvalue weighted by molar-refractivity contribution is 5.88. The van der Waals surface area contributed by atoms with Gasteiger partial charge in [0.1, 0.15) is 0 Å². The Hall–Kier alpha value is -2.41. The molecule has 250 valence electrons. The van der Waals surface area contributed by atoms with E-state index in [2.05, 4.69) is 26.7 Å². The Labute approximate surface area is 266 Å². The largest absolute Gasteiger partial charge is 0.462 e.